The second-order valence-corrected chi connectivity index (χ2v) is 3.11. The lowest BCUT2D eigenvalue weighted by Gasteiger charge is -2.20. The lowest BCUT2D eigenvalue weighted by Crippen LogP contribution is -2.36. The number of carbonyl (C=O) groups excluding carboxylic acids is 1. The lowest BCUT2D eigenvalue weighted by molar-refractivity contribution is 0.0675. The highest BCUT2D eigenvalue weighted by molar-refractivity contribution is 5.94. The summed E-state index contributed by atoms with van der Waals surface area (Å²) in [4.78, 5) is 16.8. The van der Waals surface area contributed by atoms with Crippen molar-refractivity contribution in [2.45, 2.75) is 0 Å². The van der Waals surface area contributed by atoms with E-state index < -0.39 is 5.91 Å². The number of aliphatic hydroxyl groups is 2. The molecule has 1 heterocycles. The van der Waals surface area contributed by atoms with Crippen LogP contribution in [0.4, 0.5) is 0 Å². The predicted molar refractivity (Wildman–Crippen MR) is 56.0 cm³/mol. The van der Waals surface area contributed by atoms with Crippen LogP contribution >= 0.6 is 0 Å². The molecule has 0 aromatic carbocycles. The molecule has 0 spiro atoms. The van der Waals surface area contributed by atoms with Gasteiger partial charge in [0.1, 0.15) is 5.75 Å². The Morgan fingerprint density at radius 3 is 2.44 bits per heavy atom. The fourth-order valence-corrected chi connectivity index (χ4v) is 1.27. The molecule has 1 amide bonds. The van der Waals surface area contributed by atoms with Crippen molar-refractivity contribution < 1.29 is 20.1 Å². The third-order valence-corrected chi connectivity index (χ3v) is 2.02. The molecular weight excluding hydrogens is 212 g/mol. The summed E-state index contributed by atoms with van der Waals surface area (Å²) < 4.78 is 0. The second kappa shape index (κ2) is 6.04. The molecule has 0 fully saturated rings. The quantitative estimate of drug-likeness (QED) is 0.612. The number of rotatable bonds is 5. The summed E-state index contributed by atoms with van der Waals surface area (Å²) in [6, 6.07) is 2.87. The largest absolute Gasteiger partial charge is 0.505 e. The first-order valence-electron chi connectivity index (χ1n) is 4.85. The van der Waals surface area contributed by atoms with Crippen LogP contribution in [0.3, 0.4) is 0 Å². The summed E-state index contributed by atoms with van der Waals surface area (Å²) in [5.41, 5.74) is -0.0793. The fourth-order valence-electron chi connectivity index (χ4n) is 1.27. The number of aromatic hydroxyl groups is 1. The highest BCUT2D eigenvalue weighted by atomic mass is 16.3. The molecule has 0 radical (unpaired) electrons. The molecule has 0 aliphatic carbocycles. The molecule has 1 aromatic heterocycles. The van der Waals surface area contributed by atoms with Crippen molar-refractivity contribution in [3.05, 3.63) is 24.0 Å². The van der Waals surface area contributed by atoms with Crippen molar-refractivity contribution in [3.8, 4) is 5.75 Å². The van der Waals surface area contributed by atoms with Gasteiger partial charge in [-0.2, -0.15) is 0 Å². The molecule has 88 valence electrons. The van der Waals surface area contributed by atoms with E-state index in [1.165, 1.54) is 23.2 Å². The van der Waals surface area contributed by atoms with Crippen molar-refractivity contribution in [2.75, 3.05) is 26.3 Å². The molecule has 0 saturated heterocycles. The van der Waals surface area contributed by atoms with Gasteiger partial charge >= 0.3 is 0 Å². The normalized spacial score (nSPS) is 10.1. The maximum atomic E-state index is 11.8. The third-order valence-electron chi connectivity index (χ3n) is 2.02. The summed E-state index contributed by atoms with van der Waals surface area (Å²) in [5, 5.41) is 27.0. The molecule has 0 atom stereocenters. The average molecular weight is 226 g/mol. The van der Waals surface area contributed by atoms with Gasteiger partial charge in [0.25, 0.3) is 5.91 Å². The van der Waals surface area contributed by atoms with Crippen molar-refractivity contribution >= 4 is 5.91 Å². The van der Waals surface area contributed by atoms with Crippen LogP contribution < -0.4 is 0 Å². The third kappa shape index (κ3) is 2.91. The van der Waals surface area contributed by atoms with Crippen molar-refractivity contribution in [1.29, 1.82) is 0 Å². The Balaban J connectivity index is 2.85. The van der Waals surface area contributed by atoms with E-state index in [9.17, 15) is 9.90 Å². The average Bonchev–Trinajstić information content (AvgIpc) is 2.28. The van der Waals surface area contributed by atoms with E-state index in [1.54, 1.807) is 0 Å². The number of aliphatic hydroxyl groups excluding tert-OH is 2. The van der Waals surface area contributed by atoms with Crippen LogP contribution in [0.2, 0.25) is 0 Å². The summed E-state index contributed by atoms with van der Waals surface area (Å²) in [5.74, 6) is -0.727. The Bertz CT molecular complexity index is 350. The standard InChI is InChI=1S/C10H14N2O4/c13-6-4-12(5-7-14)10(16)9-8(15)2-1-3-11-9/h1-3,13-15H,4-7H2. The number of pyridine rings is 1. The van der Waals surface area contributed by atoms with E-state index in [4.69, 9.17) is 10.2 Å². The number of hydrogen-bond acceptors (Lipinski definition) is 5. The minimum atomic E-state index is -0.513. The van der Waals surface area contributed by atoms with Gasteiger partial charge in [0.15, 0.2) is 5.69 Å². The zero-order valence-electron chi connectivity index (χ0n) is 8.70. The zero-order valence-corrected chi connectivity index (χ0v) is 8.70. The van der Waals surface area contributed by atoms with Gasteiger partial charge in [-0.3, -0.25) is 4.79 Å². The molecule has 3 N–H and O–H groups in total. The number of hydrogen-bond donors (Lipinski definition) is 3. The molecule has 6 nitrogen and oxygen atoms in total. The Morgan fingerprint density at radius 1 is 1.31 bits per heavy atom. The molecule has 1 rings (SSSR count). The Labute approximate surface area is 92.8 Å². The van der Waals surface area contributed by atoms with Crippen LogP contribution in [0.25, 0.3) is 0 Å². The van der Waals surface area contributed by atoms with Gasteiger partial charge in [-0.1, -0.05) is 0 Å². The summed E-state index contributed by atoms with van der Waals surface area (Å²) in [7, 11) is 0. The minimum Gasteiger partial charge on any atom is -0.505 e. The maximum Gasteiger partial charge on any atom is 0.276 e. The molecular formula is C10H14N2O4. The van der Waals surface area contributed by atoms with E-state index in [-0.39, 0.29) is 37.7 Å². The van der Waals surface area contributed by atoms with Gasteiger partial charge in [0, 0.05) is 19.3 Å². The van der Waals surface area contributed by atoms with E-state index in [0.29, 0.717) is 0 Å². The van der Waals surface area contributed by atoms with Gasteiger partial charge in [0.05, 0.1) is 13.2 Å². The van der Waals surface area contributed by atoms with Crippen LogP contribution in [-0.4, -0.2) is 57.4 Å². The van der Waals surface area contributed by atoms with Crippen LogP contribution in [0.5, 0.6) is 5.75 Å². The predicted octanol–water partition coefficient (Wildman–Crippen LogP) is -0.786. The Kier molecular flexibility index (Phi) is 4.68. The number of nitrogens with zero attached hydrogens (tertiary/aromatic N) is 2. The fraction of sp³-hybridized carbons (Fsp3) is 0.400. The number of carbonyl (C=O) groups is 1. The van der Waals surface area contributed by atoms with E-state index in [2.05, 4.69) is 4.98 Å². The minimum absolute atomic E-state index is 0.0793. The molecule has 1 aromatic rings. The van der Waals surface area contributed by atoms with Gasteiger partial charge in [-0.05, 0) is 12.1 Å². The summed E-state index contributed by atoms with van der Waals surface area (Å²) in [6.45, 7) is -0.233. The van der Waals surface area contributed by atoms with Crippen molar-refractivity contribution in [3.63, 3.8) is 0 Å². The molecule has 0 aliphatic rings. The molecule has 0 aliphatic heterocycles. The molecule has 16 heavy (non-hydrogen) atoms. The first-order chi connectivity index (χ1) is 7.70. The SMILES string of the molecule is O=C(c1ncccc1O)N(CCO)CCO. The van der Waals surface area contributed by atoms with Gasteiger partial charge in [-0.25, -0.2) is 4.98 Å². The molecule has 0 bridgehead atoms. The van der Waals surface area contributed by atoms with Crippen molar-refractivity contribution in [1.82, 2.24) is 9.88 Å². The van der Waals surface area contributed by atoms with Gasteiger partial charge in [0.2, 0.25) is 0 Å². The monoisotopic (exact) mass is 226 g/mol. The van der Waals surface area contributed by atoms with Gasteiger partial charge in [-0.15, -0.1) is 0 Å². The van der Waals surface area contributed by atoms with E-state index in [0.717, 1.165) is 0 Å². The maximum absolute atomic E-state index is 11.8. The first-order valence-corrected chi connectivity index (χ1v) is 4.85. The first kappa shape index (κ1) is 12.4. The Morgan fingerprint density at radius 2 is 1.94 bits per heavy atom. The van der Waals surface area contributed by atoms with Crippen LogP contribution in [0, 0.1) is 0 Å². The zero-order chi connectivity index (χ0) is 12.0. The smallest absolute Gasteiger partial charge is 0.276 e. The van der Waals surface area contributed by atoms with Crippen LogP contribution in [-0.2, 0) is 0 Å². The highest BCUT2D eigenvalue weighted by Crippen LogP contribution is 2.14. The van der Waals surface area contributed by atoms with E-state index in [1.807, 2.05) is 0 Å². The Hall–Kier alpha value is -1.66. The highest BCUT2D eigenvalue weighted by Gasteiger charge is 2.19. The number of amides is 1. The molecule has 0 unspecified atom stereocenters. The van der Waals surface area contributed by atoms with Crippen LogP contribution in [0.1, 0.15) is 10.5 Å². The number of aromatic nitrogens is 1. The van der Waals surface area contributed by atoms with E-state index >= 15 is 0 Å². The second-order valence-electron chi connectivity index (χ2n) is 3.11. The van der Waals surface area contributed by atoms with Gasteiger partial charge < -0.3 is 20.2 Å². The van der Waals surface area contributed by atoms with Crippen molar-refractivity contribution in [2.24, 2.45) is 0 Å². The topological polar surface area (TPSA) is 93.9 Å². The molecule has 0 saturated carbocycles. The van der Waals surface area contributed by atoms with Crippen LogP contribution in [0.15, 0.2) is 18.3 Å². The summed E-state index contributed by atoms with van der Waals surface area (Å²) >= 11 is 0. The molecule has 6 heteroatoms. The summed E-state index contributed by atoms with van der Waals surface area (Å²) in [6.07, 6.45) is 1.39. The lowest BCUT2D eigenvalue weighted by atomic mass is 10.3.